The number of H-pyrrole nitrogens is 1. The van der Waals surface area contributed by atoms with Crippen molar-refractivity contribution in [3.63, 3.8) is 0 Å². The molecule has 0 atom stereocenters. The number of hydrogen-bond donors (Lipinski definition) is 1. The van der Waals surface area contributed by atoms with E-state index in [-0.39, 0.29) is 24.0 Å². The third-order valence-corrected chi connectivity index (χ3v) is 2.97. The minimum atomic E-state index is 0. The molecule has 0 aliphatic rings. The summed E-state index contributed by atoms with van der Waals surface area (Å²) in [5, 5.41) is 1.38. The number of hydrogen-bond acceptors (Lipinski definition) is 0. The van der Waals surface area contributed by atoms with Crippen molar-refractivity contribution in [2.45, 2.75) is 13.3 Å². The van der Waals surface area contributed by atoms with Gasteiger partial charge in [0.15, 0.2) is 0 Å². The van der Waals surface area contributed by atoms with Crippen LogP contribution in [0, 0.1) is 6.92 Å². The first-order chi connectivity index (χ1) is 7.46. The standard InChI is InChI=1S/C14H21N2.HI/c1-11-5-6-14-13(9-11)12(10-15-14)7-8-16(2,3)4;/h5-6,9-10,15H,7-8H2,1-4H3;1H/q+1;/p-1. The van der Waals surface area contributed by atoms with Gasteiger partial charge in [0.1, 0.15) is 0 Å². The van der Waals surface area contributed by atoms with Crippen molar-refractivity contribution in [3.8, 4) is 0 Å². The summed E-state index contributed by atoms with van der Waals surface area (Å²) in [6.45, 7) is 3.32. The smallest absolute Gasteiger partial charge is 0.0822 e. The third-order valence-electron chi connectivity index (χ3n) is 2.97. The predicted molar refractivity (Wildman–Crippen MR) is 69.6 cm³/mol. The molecular formula is C14H21IN2. The van der Waals surface area contributed by atoms with Crippen molar-refractivity contribution < 1.29 is 28.5 Å². The number of nitrogens with zero attached hydrogens (tertiary/aromatic N) is 1. The Morgan fingerprint density at radius 1 is 1.18 bits per heavy atom. The lowest BCUT2D eigenvalue weighted by Crippen LogP contribution is -3.00. The maximum Gasteiger partial charge on any atom is 0.0822 e. The van der Waals surface area contributed by atoms with Crippen LogP contribution in [0.15, 0.2) is 24.4 Å². The van der Waals surface area contributed by atoms with Crippen molar-refractivity contribution >= 4 is 10.9 Å². The number of aryl methyl sites for hydroxylation is 1. The van der Waals surface area contributed by atoms with Gasteiger partial charge >= 0.3 is 0 Å². The zero-order valence-corrected chi connectivity index (χ0v) is 13.2. The molecule has 0 saturated carbocycles. The molecule has 2 rings (SSSR count). The molecule has 0 spiro atoms. The first-order valence-electron chi connectivity index (χ1n) is 5.83. The highest BCUT2D eigenvalue weighted by molar-refractivity contribution is 5.83. The Labute approximate surface area is 121 Å². The molecule has 0 aliphatic carbocycles. The Kier molecular flexibility index (Phi) is 4.61. The van der Waals surface area contributed by atoms with Crippen LogP contribution in [0.5, 0.6) is 0 Å². The van der Waals surface area contributed by atoms with Crippen molar-refractivity contribution in [2.75, 3.05) is 27.7 Å². The molecule has 1 aromatic carbocycles. The minimum absolute atomic E-state index is 0. The minimum Gasteiger partial charge on any atom is -1.00 e. The highest BCUT2D eigenvalue weighted by atomic mass is 127. The number of aromatic amines is 1. The van der Waals surface area contributed by atoms with Gasteiger partial charge in [-0.05, 0) is 24.6 Å². The van der Waals surface area contributed by atoms with E-state index in [1.807, 2.05) is 0 Å². The molecule has 2 aromatic rings. The van der Waals surface area contributed by atoms with Gasteiger partial charge in [0.25, 0.3) is 0 Å². The van der Waals surface area contributed by atoms with E-state index in [1.54, 1.807) is 0 Å². The van der Waals surface area contributed by atoms with E-state index in [0.29, 0.717) is 0 Å². The lowest BCUT2D eigenvalue weighted by molar-refractivity contribution is -0.870. The third kappa shape index (κ3) is 3.71. The summed E-state index contributed by atoms with van der Waals surface area (Å²) in [4.78, 5) is 3.34. The topological polar surface area (TPSA) is 15.8 Å². The van der Waals surface area contributed by atoms with E-state index in [1.165, 1.54) is 28.6 Å². The quantitative estimate of drug-likeness (QED) is 0.583. The predicted octanol–water partition coefficient (Wildman–Crippen LogP) is -0.271. The fraction of sp³-hybridized carbons (Fsp3) is 0.429. The molecule has 0 radical (unpaired) electrons. The molecule has 1 aromatic heterocycles. The molecule has 0 unspecified atom stereocenters. The molecule has 0 aliphatic heterocycles. The fourth-order valence-corrected chi connectivity index (χ4v) is 1.95. The first-order valence-corrected chi connectivity index (χ1v) is 5.83. The van der Waals surface area contributed by atoms with E-state index in [9.17, 15) is 0 Å². The van der Waals surface area contributed by atoms with Gasteiger partial charge < -0.3 is 33.4 Å². The number of fused-ring (bicyclic) bond motifs is 1. The summed E-state index contributed by atoms with van der Waals surface area (Å²) in [7, 11) is 6.71. The second-order valence-corrected chi connectivity index (χ2v) is 5.63. The van der Waals surface area contributed by atoms with Crippen molar-refractivity contribution in [2.24, 2.45) is 0 Å². The molecule has 0 bridgehead atoms. The van der Waals surface area contributed by atoms with Gasteiger partial charge in [-0.15, -0.1) is 0 Å². The zero-order valence-electron chi connectivity index (χ0n) is 11.0. The summed E-state index contributed by atoms with van der Waals surface area (Å²) in [6, 6.07) is 6.60. The molecule has 17 heavy (non-hydrogen) atoms. The van der Waals surface area contributed by atoms with Crippen LogP contribution in [0.4, 0.5) is 0 Å². The normalized spacial score (nSPS) is 11.5. The average molecular weight is 344 g/mol. The van der Waals surface area contributed by atoms with Crippen molar-refractivity contribution in [3.05, 3.63) is 35.5 Å². The summed E-state index contributed by atoms with van der Waals surface area (Å²) in [5.41, 5.74) is 4.02. The largest absolute Gasteiger partial charge is 1.00 e. The Morgan fingerprint density at radius 3 is 2.53 bits per heavy atom. The van der Waals surface area contributed by atoms with Gasteiger partial charge in [0.05, 0.1) is 27.7 Å². The van der Waals surface area contributed by atoms with Crippen LogP contribution < -0.4 is 24.0 Å². The van der Waals surface area contributed by atoms with Gasteiger partial charge in [0, 0.05) is 23.5 Å². The van der Waals surface area contributed by atoms with E-state index >= 15 is 0 Å². The average Bonchev–Trinajstić information content (AvgIpc) is 2.56. The summed E-state index contributed by atoms with van der Waals surface area (Å²) in [5.74, 6) is 0. The van der Waals surface area contributed by atoms with Gasteiger partial charge in [-0.2, -0.15) is 0 Å². The lowest BCUT2D eigenvalue weighted by Gasteiger charge is -2.23. The van der Waals surface area contributed by atoms with Gasteiger partial charge in [-0.3, -0.25) is 0 Å². The Bertz CT molecular complexity index is 494. The molecule has 3 heteroatoms. The van der Waals surface area contributed by atoms with Crippen LogP contribution in [0.3, 0.4) is 0 Å². The van der Waals surface area contributed by atoms with Crippen LogP contribution in [-0.4, -0.2) is 37.2 Å². The maximum absolute atomic E-state index is 3.34. The van der Waals surface area contributed by atoms with Crippen LogP contribution in [0.25, 0.3) is 10.9 Å². The highest BCUT2D eigenvalue weighted by Gasteiger charge is 2.10. The van der Waals surface area contributed by atoms with Crippen LogP contribution in [0.2, 0.25) is 0 Å². The van der Waals surface area contributed by atoms with E-state index in [4.69, 9.17) is 0 Å². The second-order valence-electron chi connectivity index (χ2n) is 5.63. The van der Waals surface area contributed by atoms with E-state index in [2.05, 4.69) is 57.4 Å². The number of benzene rings is 1. The van der Waals surface area contributed by atoms with E-state index in [0.717, 1.165) is 10.9 Å². The molecule has 1 N–H and O–H groups in total. The Morgan fingerprint density at radius 2 is 1.88 bits per heavy atom. The van der Waals surface area contributed by atoms with E-state index < -0.39 is 0 Å². The van der Waals surface area contributed by atoms with Crippen LogP contribution in [-0.2, 0) is 6.42 Å². The maximum atomic E-state index is 3.34. The molecule has 0 amide bonds. The molecule has 0 saturated heterocycles. The van der Waals surface area contributed by atoms with Crippen LogP contribution in [0.1, 0.15) is 11.1 Å². The Balaban J connectivity index is 0.00000144. The number of quaternary nitrogens is 1. The fourth-order valence-electron chi connectivity index (χ4n) is 1.95. The number of nitrogens with one attached hydrogen (secondary N) is 1. The van der Waals surface area contributed by atoms with Gasteiger partial charge in [-0.1, -0.05) is 11.6 Å². The number of rotatable bonds is 3. The summed E-state index contributed by atoms with van der Waals surface area (Å²) in [6.07, 6.45) is 3.28. The van der Waals surface area contributed by atoms with Crippen molar-refractivity contribution in [1.29, 1.82) is 0 Å². The lowest BCUT2D eigenvalue weighted by atomic mass is 10.1. The number of likely N-dealkylation sites (N-methyl/N-ethyl adjacent to an activating group) is 1. The van der Waals surface area contributed by atoms with Crippen LogP contribution >= 0.6 is 0 Å². The molecule has 2 nitrogen and oxygen atoms in total. The highest BCUT2D eigenvalue weighted by Crippen LogP contribution is 2.20. The number of halogens is 1. The molecule has 94 valence electrons. The van der Waals surface area contributed by atoms with Gasteiger partial charge in [0.2, 0.25) is 0 Å². The summed E-state index contributed by atoms with van der Waals surface area (Å²) < 4.78 is 1.01. The van der Waals surface area contributed by atoms with Crippen molar-refractivity contribution in [1.82, 2.24) is 4.98 Å². The monoisotopic (exact) mass is 344 g/mol. The molecule has 1 heterocycles. The first kappa shape index (κ1) is 14.5. The SMILES string of the molecule is Cc1ccc2[nH]cc(CC[N+](C)(C)C)c2c1.[I-]. The number of aromatic nitrogens is 1. The Hall–Kier alpha value is -0.550. The molecule has 0 fully saturated rings. The second kappa shape index (κ2) is 5.40. The zero-order chi connectivity index (χ0) is 11.8. The molecular weight excluding hydrogens is 323 g/mol. The summed E-state index contributed by atoms with van der Waals surface area (Å²) >= 11 is 0. The van der Waals surface area contributed by atoms with Gasteiger partial charge in [-0.25, -0.2) is 0 Å².